The van der Waals surface area contributed by atoms with Crippen LogP contribution in [0.3, 0.4) is 0 Å². The summed E-state index contributed by atoms with van der Waals surface area (Å²) in [5.41, 5.74) is 0.198. The molecule has 1 aliphatic carbocycles. The van der Waals surface area contributed by atoms with E-state index in [0.29, 0.717) is 12.8 Å². The fourth-order valence-corrected chi connectivity index (χ4v) is 1.84. The Morgan fingerprint density at radius 3 is 2.77 bits per heavy atom. The molecule has 1 aliphatic rings. The Bertz CT molecular complexity index is 249. The number of carboxylic acids is 1. The van der Waals surface area contributed by atoms with E-state index in [0.717, 1.165) is 5.71 Å². The molecule has 0 spiro atoms. The van der Waals surface area contributed by atoms with E-state index in [2.05, 4.69) is 9.99 Å². The van der Waals surface area contributed by atoms with Crippen molar-refractivity contribution < 1.29 is 14.7 Å². The molecule has 0 aliphatic heterocycles. The van der Waals surface area contributed by atoms with Crippen LogP contribution in [0, 0.1) is 11.3 Å². The summed E-state index contributed by atoms with van der Waals surface area (Å²) in [5, 5.41) is 12.8. The number of aliphatic carboxylic acids is 1. The molecule has 4 nitrogen and oxygen atoms in total. The summed E-state index contributed by atoms with van der Waals surface area (Å²) in [6.07, 6.45) is 1.14. The van der Waals surface area contributed by atoms with Gasteiger partial charge in [-0.15, -0.1) is 0 Å². The van der Waals surface area contributed by atoms with Gasteiger partial charge in [0.15, 0.2) is 0 Å². The highest BCUT2D eigenvalue weighted by atomic mass is 16.6. The van der Waals surface area contributed by atoms with Gasteiger partial charge in [0.2, 0.25) is 0 Å². The molecule has 0 saturated heterocycles. The van der Waals surface area contributed by atoms with E-state index in [1.54, 1.807) is 6.92 Å². The van der Waals surface area contributed by atoms with E-state index in [1.165, 1.54) is 7.11 Å². The van der Waals surface area contributed by atoms with Crippen LogP contribution in [0.25, 0.3) is 0 Å². The topological polar surface area (TPSA) is 58.9 Å². The number of rotatable bonds is 2. The van der Waals surface area contributed by atoms with Gasteiger partial charge in [-0.2, -0.15) is 0 Å². The molecule has 0 unspecified atom stereocenters. The molecule has 0 radical (unpaired) electrons. The third kappa shape index (κ3) is 1.82. The van der Waals surface area contributed by atoms with Crippen molar-refractivity contribution in [1.29, 1.82) is 0 Å². The SMILES string of the molecule is CO/N=C1/C[C@](C)(C(=O)O)C[C@@H]1C. The van der Waals surface area contributed by atoms with Crippen LogP contribution < -0.4 is 0 Å². The van der Waals surface area contributed by atoms with Gasteiger partial charge in [0.05, 0.1) is 11.1 Å². The van der Waals surface area contributed by atoms with Crippen LogP contribution in [0.15, 0.2) is 5.16 Å². The highest BCUT2D eigenvalue weighted by molar-refractivity contribution is 5.94. The molecular formula is C9H15NO3. The van der Waals surface area contributed by atoms with Crippen molar-refractivity contribution in [3.8, 4) is 0 Å². The van der Waals surface area contributed by atoms with E-state index in [-0.39, 0.29) is 5.92 Å². The van der Waals surface area contributed by atoms with Crippen molar-refractivity contribution in [2.75, 3.05) is 7.11 Å². The number of nitrogens with zero attached hydrogens (tertiary/aromatic N) is 1. The molecule has 0 bridgehead atoms. The maximum atomic E-state index is 10.9. The minimum Gasteiger partial charge on any atom is -0.481 e. The summed E-state index contributed by atoms with van der Waals surface area (Å²) in [6.45, 7) is 3.73. The first-order valence-corrected chi connectivity index (χ1v) is 4.33. The standard InChI is InChI=1S/C9H15NO3/c1-6-4-9(2,8(11)12)5-7(6)10-13-3/h6H,4-5H2,1-3H3,(H,11,12)/b10-7-/t6-,9+/m0/s1. The van der Waals surface area contributed by atoms with Gasteiger partial charge < -0.3 is 9.94 Å². The van der Waals surface area contributed by atoms with Crippen LogP contribution in [0.4, 0.5) is 0 Å². The third-order valence-electron chi connectivity index (χ3n) is 2.62. The van der Waals surface area contributed by atoms with Gasteiger partial charge in [0.1, 0.15) is 7.11 Å². The van der Waals surface area contributed by atoms with Crippen molar-refractivity contribution in [1.82, 2.24) is 0 Å². The second-order valence-corrected chi connectivity index (χ2v) is 3.91. The van der Waals surface area contributed by atoms with Gasteiger partial charge in [-0.05, 0) is 19.3 Å². The van der Waals surface area contributed by atoms with E-state index < -0.39 is 11.4 Å². The fraction of sp³-hybridized carbons (Fsp3) is 0.778. The number of hydrogen-bond acceptors (Lipinski definition) is 3. The lowest BCUT2D eigenvalue weighted by molar-refractivity contribution is -0.147. The molecule has 0 aromatic rings. The number of carboxylic acid groups (broad SMARTS) is 1. The Morgan fingerprint density at radius 1 is 1.77 bits per heavy atom. The maximum absolute atomic E-state index is 10.9. The van der Waals surface area contributed by atoms with E-state index >= 15 is 0 Å². The Balaban J connectivity index is 2.81. The van der Waals surface area contributed by atoms with Gasteiger partial charge in [-0.25, -0.2) is 0 Å². The molecular weight excluding hydrogens is 170 g/mol. The molecule has 74 valence electrons. The summed E-state index contributed by atoms with van der Waals surface area (Å²) in [4.78, 5) is 15.6. The lowest BCUT2D eigenvalue weighted by Gasteiger charge is -2.15. The highest BCUT2D eigenvalue weighted by Gasteiger charge is 2.43. The second-order valence-electron chi connectivity index (χ2n) is 3.91. The lowest BCUT2D eigenvalue weighted by Crippen LogP contribution is -2.24. The molecule has 1 fully saturated rings. The van der Waals surface area contributed by atoms with Crippen molar-refractivity contribution in [2.24, 2.45) is 16.5 Å². The maximum Gasteiger partial charge on any atom is 0.309 e. The molecule has 0 amide bonds. The second kappa shape index (κ2) is 3.36. The van der Waals surface area contributed by atoms with Crippen LogP contribution >= 0.6 is 0 Å². The van der Waals surface area contributed by atoms with Crippen molar-refractivity contribution >= 4 is 11.7 Å². The molecule has 1 saturated carbocycles. The minimum atomic E-state index is -0.749. The van der Waals surface area contributed by atoms with Gasteiger partial charge in [-0.3, -0.25) is 4.79 Å². The highest BCUT2D eigenvalue weighted by Crippen LogP contribution is 2.39. The Morgan fingerprint density at radius 2 is 2.38 bits per heavy atom. The summed E-state index contributed by atoms with van der Waals surface area (Å²) < 4.78 is 0. The monoisotopic (exact) mass is 185 g/mol. The summed E-state index contributed by atoms with van der Waals surface area (Å²) >= 11 is 0. The summed E-state index contributed by atoms with van der Waals surface area (Å²) in [5.74, 6) is -0.540. The first-order chi connectivity index (χ1) is 5.99. The van der Waals surface area contributed by atoms with Crippen LogP contribution in [0.1, 0.15) is 26.7 Å². The zero-order valence-corrected chi connectivity index (χ0v) is 8.20. The smallest absolute Gasteiger partial charge is 0.309 e. The van der Waals surface area contributed by atoms with Crippen molar-refractivity contribution in [3.63, 3.8) is 0 Å². The molecule has 13 heavy (non-hydrogen) atoms. The fourth-order valence-electron chi connectivity index (χ4n) is 1.84. The molecule has 1 rings (SSSR count). The molecule has 4 heteroatoms. The predicted octanol–water partition coefficient (Wildman–Crippen LogP) is 1.51. The normalized spacial score (nSPS) is 36.5. The number of oxime groups is 1. The lowest BCUT2D eigenvalue weighted by atomic mass is 9.88. The van der Waals surface area contributed by atoms with E-state index in [9.17, 15) is 4.79 Å². The average molecular weight is 185 g/mol. The van der Waals surface area contributed by atoms with E-state index in [1.807, 2.05) is 6.92 Å². The first-order valence-electron chi connectivity index (χ1n) is 4.33. The quantitative estimate of drug-likeness (QED) is 0.663. The number of hydrogen-bond donors (Lipinski definition) is 1. The zero-order chi connectivity index (χ0) is 10.1. The van der Waals surface area contributed by atoms with Gasteiger partial charge in [0, 0.05) is 6.42 Å². The molecule has 0 aromatic heterocycles. The van der Waals surface area contributed by atoms with Crippen LogP contribution in [0.2, 0.25) is 0 Å². The minimum absolute atomic E-state index is 0.209. The zero-order valence-electron chi connectivity index (χ0n) is 8.20. The molecule has 0 heterocycles. The van der Waals surface area contributed by atoms with Gasteiger partial charge >= 0.3 is 5.97 Å². The first kappa shape index (κ1) is 10.0. The molecule has 0 aromatic carbocycles. The Hall–Kier alpha value is -1.06. The molecule has 2 atom stereocenters. The Labute approximate surface area is 77.6 Å². The van der Waals surface area contributed by atoms with Gasteiger partial charge in [-0.1, -0.05) is 12.1 Å². The third-order valence-corrected chi connectivity index (χ3v) is 2.62. The van der Waals surface area contributed by atoms with Crippen molar-refractivity contribution in [2.45, 2.75) is 26.7 Å². The van der Waals surface area contributed by atoms with Crippen LogP contribution in [-0.4, -0.2) is 23.9 Å². The van der Waals surface area contributed by atoms with Gasteiger partial charge in [0.25, 0.3) is 0 Å². The van der Waals surface area contributed by atoms with Crippen LogP contribution in [0.5, 0.6) is 0 Å². The largest absolute Gasteiger partial charge is 0.481 e. The van der Waals surface area contributed by atoms with E-state index in [4.69, 9.17) is 5.11 Å². The number of carbonyl (C=O) groups is 1. The summed E-state index contributed by atoms with van der Waals surface area (Å²) in [7, 11) is 1.48. The predicted molar refractivity (Wildman–Crippen MR) is 48.6 cm³/mol. The summed E-state index contributed by atoms with van der Waals surface area (Å²) in [6, 6.07) is 0. The Kier molecular flexibility index (Phi) is 2.59. The van der Waals surface area contributed by atoms with Crippen LogP contribution in [-0.2, 0) is 9.63 Å². The average Bonchev–Trinajstić information content (AvgIpc) is 2.29. The molecule has 1 N–H and O–H groups in total. The van der Waals surface area contributed by atoms with Crippen molar-refractivity contribution in [3.05, 3.63) is 0 Å².